The zero-order valence-corrected chi connectivity index (χ0v) is 14.5. The van der Waals surface area contributed by atoms with E-state index in [4.69, 9.17) is 4.74 Å². The summed E-state index contributed by atoms with van der Waals surface area (Å²) in [5.74, 6) is 3.30. The average Bonchev–Trinajstić information content (AvgIpc) is 2.81. The molecule has 23 heavy (non-hydrogen) atoms. The van der Waals surface area contributed by atoms with E-state index in [1.165, 1.54) is 23.1 Å². The molecule has 2 nitrogen and oxygen atoms in total. The van der Waals surface area contributed by atoms with Crippen molar-refractivity contribution in [2.75, 3.05) is 7.11 Å². The summed E-state index contributed by atoms with van der Waals surface area (Å²) in [5.41, 5.74) is 4.26. The van der Waals surface area contributed by atoms with Crippen molar-refractivity contribution in [3.63, 3.8) is 0 Å². The summed E-state index contributed by atoms with van der Waals surface area (Å²) in [5, 5.41) is 10.6. The van der Waals surface area contributed by atoms with Crippen LogP contribution >= 0.6 is 0 Å². The standard InChI is InChI=1S/C21H28O2/c1-12-9-14-10-15(23-4)5-6-16(14)19-13(2)11-21(3)17(20(12)19)7-8-18(21)22/h5-6,10,12,17-20,22H,2,7-9,11H2,1,3-4H3/t12-,17+,18+,19-,20+,21+/m1/s1. The summed E-state index contributed by atoms with van der Waals surface area (Å²) in [6, 6.07) is 6.57. The summed E-state index contributed by atoms with van der Waals surface area (Å²) < 4.78 is 5.42. The van der Waals surface area contributed by atoms with Gasteiger partial charge < -0.3 is 9.84 Å². The van der Waals surface area contributed by atoms with Gasteiger partial charge in [0, 0.05) is 11.3 Å². The van der Waals surface area contributed by atoms with Gasteiger partial charge in [0.1, 0.15) is 5.75 Å². The Morgan fingerprint density at radius 2 is 2.09 bits per heavy atom. The number of ether oxygens (including phenoxy) is 1. The summed E-state index contributed by atoms with van der Waals surface area (Å²) in [4.78, 5) is 0. The van der Waals surface area contributed by atoms with Gasteiger partial charge in [-0.05, 0) is 66.7 Å². The quantitative estimate of drug-likeness (QED) is 0.782. The highest BCUT2D eigenvalue weighted by molar-refractivity contribution is 5.45. The van der Waals surface area contributed by atoms with Crippen LogP contribution in [0.5, 0.6) is 5.75 Å². The van der Waals surface area contributed by atoms with Crippen LogP contribution in [0.15, 0.2) is 30.4 Å². The third kappa shape index (κ3) is 2.04. The Balaban J connectivity index is 1.80. The first-order valence-corrected chi connectivity index (χ1v) is 8.98. The molecule has 2 fully saturated rings. The molecule has 0 amide bonds. The highest BCUT2D eigenvalue weighted by atomic mass is 16.5. The summed E-state index contributed by atoms with van der Waals surface area (Å²) >= 11 is 0. The minimum absolute atomic E-state index is 0.0382. The molecule has 2 saturated carbocycles. The molecule has 1 aromatic rings. The molecule has 0 radical (unpaired) electrons. The van der Waals surface area contributed by atoms with Gasteiger partial charge in [0.15, 0.2) is 0 Å². The maximum Gasteiger partial charge on any atom is 0.119 e. The fourth-order valence-corrected chi connectivity index (χ4v) is 6.05. The Labute approximate surface area is 139 Å². The monoisotopic (exact) mass is 312 g/mol. The molecule has 0 spiro atoms. The fraction of sp³-hybridized carbons (Fsp3) is 0.619. The van der Waals surface area contributed by atoms with Gasteiger partial charge in [0.05, 0.1) is 13.2 Å². The molecule has 4 rings (SSSR count). The van der Waals surface area contributed by atoms with Gasteiger partial charge in [-0.15, -0.1) is 0 Å². The molecule has 2 heteroatoms. The highest BCUT2D eigenvalue weighted by Crippen LogP contribution is 2.63. The predicted octanol–water partition coefficient (Wildman–Crippen LogP) is 4.32. The summed E-state index contributed by atoms with van der Waals surface area (Å²) in [6.07, 6.45) is 4.05. The van der Waals surface area contributed by atoms with E-state index in [1.807, 2.05) is 0 Å². The van der Waals surface area contributed by atoms with Crippen LogP contribution in [-0.4, -0.2) is 18.3 Å². The second kappa shape index (κ2) is 5.11. The number of aliphatic hydroxyl groups excluding tert-OH is 1. The number of hydrogen-bond donors (Lipinski definition) is 1. The number of fused-ring (bicyclic) bond motifs is 5. The zero-order chi connectivity index (χ0) is 16.4. The van der Waals surface area contributed by atoms with Crippen molar-refractivity contribution in [1.29, 1.82) is 0 Å². The number of methoxy groups -OCH3 is 1. The highest BCUT2D eigenvalue weighted by Gasteiger charge is 2.57. The summed E-state index contributed by atoms with van der Waals surface area (Å²) in [6.45, 7) is 9.16. The number of benzene rings is 1. The van der Waals surface area contributed by atoms with E-state index in [9.17, 15) is 5.11 Å². The van der Waals surface area contributed by atoms with Crippen LogP contribution in [-0.2, 0) is 6.42 Å². The Morgan fingerprint density at radius 3 is 2.83 bits per heavy atom. The lowest BCUT2D eigenvalue weighted by Crippen LogP contribution is -2.47. The van der Waals surface area contributed by atoms with Crippen molar-refractivity contribution in [1.82, 2.24) is 0 Å². The molecule has 3 aliphatic carbocycles. The number of hydrogen-bond acceptors (Lipinski definition) is 2. The number of aliphatic hydroxyl groups is 1. The third-order valence-electron chi connectivity index (χ3n) is 7.14. The smallest absolute Gasteiger partial charge is 0.119 e. The van der Waals surface area contributed by atoms with Gasteiger partial charge in [-0.3, -0.25) is 0 Å². The van der Waals surface area contributed by atoms with Gasteiger partial charge >= 0.3 is 0 Å². The number of allylic oxidation sites excluding steroid dienone is 1. The van der Waals surface area contributed by atoms with E-state index in [0.717, 1.165) is 25.0 Å². The van der Waals surface area contributed by atoms with Crippen LogP contribution in [0.4, 0.5) is 0 Å². The molecule has 3 aliphatic rings. The van der Waals surface area contributed by atoms with Crippen LogP contribution in [0.25, 0.3) is 0 Å². The molecular formula is C21H28O2. The maximum absolute atomic E-state index is 10.6. The van der Waals surface area contributed by atoms with Crippen molar-refractivity contribution >= 4 is 0 Å². The predicted molar refractivity (Wildman–Crippen MR) is 92.7 cm³/mol. The van der Waals surface area contributed by atoms with Gasteiger partial charge in [0.25, 0.3) is 0 Å². The zero-order valence-electron chi connectivity index (χ0n) is 14.5. The normalized spacial score (nSPS) is 41.9. The van der Waals surface area contributed by atoms with Gasteiger partial charge in [0.2, 0.25) is 0 Å². The van der Waals surface area contributed by atoms with Crippen LogP contribution in [0, 0.1) is 23.2 Å². The van der Waals surface area contributed by atoms with E-state index in [0.29, 0.717) is 23.7 Å². The van der Waals surface area contributed by atoms with Crippen LogP contribution in [0.1, 0.15) is 50.2 Å². The summed E-state index contributed by atoms with van der Waals surface area (Å²) in [7, 11) is 1.74. The maximum atomic E-state index is 10.6. The Bertz CT molecular complexity index is 649. The van der Waals surface area contributed by atoms with E-state index in [1.54, 1.807) is 7.11 Å². The SMILES string of the molecule is C=C1C[C@]2(C)[C@@H](O)CC[C@H]2[C@@H]2[C@H](C)Cc3cc(OC)ccc3[C@@H]12. The van der Waals surface area contributed by atoms with Crippen molar-refractivity contribution in [3.05, 3.63) is 41.5 Å². The molecule has 0 saturated heterocycles. The average molecular weight is 312 g/mol. The molecule has 6 atom stereocenters. The van der Waals surface area contributed by atoms with E-state index in [-0.39, 0.29) is 11.5 Å². The first kappa shape index (κ1) is 15.3. The lowest BCUT2D eigenvalue weighted by atomic mass is 9.51. The van der Waals surface area contributed by atoms with Gasteiger partial charge in [-0.2, -0.15) is 0 Å². The van der Waals surface area contributed by atoms with Gasteiger partial charge in [-0.25, -0.2) is 0 Å². The third-order valence-corrected chi connectivity index (χ3v) is 7.14. The second-order valence-electron chi connectivity index (χ2n) is 8.34. The molecule has 0 aliphatic heterocycles. The molecule has 0 heterocycles. The Hall–Kier alpha value is -1.28. The molecule has 0 unspecified atom stereocenters. The van der Waals surface area contributed by atoms with Crippen molar-refractivity contribution < 1.29 is 9.84 Å². The molecule has 0 aromatic heterocycles. The molecule has 1 aromatic carbocycles. The Morgan fingerprint density at radius 1 is 1.30 bits per heavy atom. The lowest BCUT2D eigenvalue weighted by molar-refractivity contribution is -0.0148. The van der Waals surface area contributed by atoms with E-state index < -0.39 is 0 Å². The topological polar surface area (TPSA) is 29.5 Å². The number of rotatable bonds is 1. The van der Waals surface area contributed by atoms with Gasteiger partial charge in [-0.1, -0.05) is 32.1 Å². The first-order chi connectivity index (χ1) is 11.0. The minimum Gasteiger partial charge on any atom is -0.497 e. The van der Waals surface area contributed by atoms with E-state index >= 15 is 0 Å². The van der Waals surface area contributed by atoms with Crippen LogP contribution in [0.3, 0.4) is 0 Å². The first-order valence-electron chi connectivity index (χ1n) is 8.98. The van der Waals surface area contributed by atoms with Crippen molar-refractivity contribution in [2.24, 2.45) is 23.2 Å². The second-order valence-corrected chi connectivity index (χ2v) is 8.34. The van der Waals surface area contributed by atoms with Crippen molar-refractivity contribution in [2.45, 2.75) is 51.6 Å². The molecule has 124 valence electrons. The van der Waals surface area contributed by atoms with E-state index in [2.05, 4.69) is 38.6 Å². The Kier molecular flexibility index (Phi) is 3.39. The largest absolute Gasteiger partial charge is 0.497 e. The minimum atomic E-state index is -0.158. The molecular weight excluding hydrogens is 284 g/mol. The van der Waals surface area contributed by atoms with Crippen molar-refractivity contribution in [3.8, 4) is 5.75 Å². The molecule has 0 bridgehead atoms. The lowest BCUT2D eigenvalue weighted by Gasteiger charge is -2.53. The fourth-order valence-electron chi connectivity index (χ4n) is 6.05. The molecule has 1 N–H and O–H groups in total. The van der Waals surface area contributed by atoms with Crippen LogP contribution < -0.4 is 4.74 Å². The van der Waals surface area contributed by atoms with Crippen LogP contribution in [0.2, 0.25) is 0 Å².